The number of alkyl halides is 3. The van der Waals surface area contributed by atoms with Gasteiger partial charge in [-0.2, -0.15) is 13.2 Å². The summed E-state index contributed by atoms with van der Waals surface area (Å²) < 4.78 is 44.5. The van der Waals surface area contributed by atoms with Crippen molar-refractivity contribution in [3.8, 4) is 0 Å². The minimum atomic E-state index is -4.77. The first kappa shape index (κ1) is 17.1. The van der Waals surface area contributed by atoms with Crippen molar-refractivity contribution >= 4 is 16.9 Å². The molecule has 0 unspecified atom stereocenters. The summed E-state index contributed by atoms with van der Waals surface area (Å²) in [5.74, 6) is -0.868. The Balaban J connectivity index is 2.79. The molecule has 7 heteroatoms. The van der Waals surface area contributed by atoms with Crippen molar-refractivity contribution in [3.63, 3.8) is 0 Å². The van der Waals surface area contributed by atoms with Crippen LogP contribution in [0.4, 0.5) is 13.2 Å². The molecule has 4 nitrogen and oxygen atoms in total. The number of pyridine rings is 1. The first-order chi connectivity index (χ1) is 10.6. The number of esters is 1. The SMILES string of the molecule is CCOC(=O)Cc1c(C(F)(F)F)[nH]c2cc(C)cc(C)c2c1=O. The Bertz CT molecular complexity index is 822. The number of rotatable bonds is 3. The van der Waals surface area contributed by atoms with Crippen molar-refractivity contribution < 1.29 is 22.7 Å². The third-order valence-corrected chi connectivity index (χ3v) is 3.45. The Morgan fingerprint density at radius 2 is 1.91 bits per heavy atom. The number of carbonyl (C=O) groups is 1. The van der Waals surface area contributed by atoms with Crippen molar-refractivity contribution in [2.75, 3.05) is 6.61 Å². The minimum absolute atomic E-state index is 0.0316. The van der Waals surface area contributed by atoms with E-state index in [1.807, 2.05) is 0 Å². The summed E-state index contributed by atoms with van der Waals surface area (Å²) >= 11 is 0. The molecule has 1 N–H and O–H groups in total. The number of H-pyrrole nitrogens is 1. The smallest absolute Gasteiger partial charge is 0.431 e. The van der Waals surface area contributed by atoms with Crippen molar-refractivity contribution in [2.24, 2.45) is 0 Å². The summed E-state index contributed by atoms with van der Waals surface area (Å²) in [4.78, 5) is 26.4. The van der Waals surface area contributed by atoms with Crippen LogP contribution in [0.5, 0.6) is 0 Å². The van der Waals surface area contributed by atoms with Crippen LogP contribution in [0.2, 0.25) is 0 Å². The highest BCUT2D eigenvalue weighted by atomic mass is 19.4. The Labute approximate surface area is 130 Å². The average Bonchev–Trinajstić information content (AvgIpc) is 2.39. The molecule has 0 atom stereocenters. The average molecular weight is 327 g/mol. The van der Waals surface area contributed by atoms with Gasteiger partial charge in [0.2, 0.25) is 0 Å². The van der Waals surface area contributed by atoms with Gasteiger partial charge in [-0.25, -0.2) is 0 Å². The predicted octanol–water partition coefficient (Wildman–Crippen LogP) is 3.27. The van der Waals surface area contributed by atoms with Crippen molar-refractivity contribution in [1.29, 1.82) is 0 Å². The van der Waals surface area contributed by atoms with E-state index in [0.717, 1.165) is 5.56 Å². The monoisotopic (exact) mass is 327 g/mol. The zero-order chi connectivity index (χ0) is 17.4. The molecule has 1 heterocycles. The van der Waals surface area contributed by atoms with Crippen LogP contribution >= 0.6 is 0 Å². The Morgan fingerprint density at radius 1 is 1.26 bits per heavy atom. The quantitative estimate of drug-likeness (QED) is 0.880. The number of hydrogen-bond acceptors (Lipinski definition) is 3. The van der Waals surface area contributed by atoms with E-state index in [-0.39, 0.29) is 17.5 Å². The van der Waals surface area contributed by atoms with Crippen molar-refractivity contribution in [2.45, 2.75) is 33.4 Å². The van der Waals surface area contributed by atoms with E-state index in [1.165, 1.54) is 6.07 Å². The fourth-order valence-corrected chi connectivity index (χ4v) is 2.61. The van der Waals surface area contributed by atoms with Gasteiger partial charge in [0.25, 0.3) is 0 Å². The maximum absolute atomic E-state index is 13.3. The number of halogens is 3. The lowest BCUT2D eigenvalue weighted by atomic mass is 10.0. The molecule has 0 spiro atoms. The molecular weight excluding hydrogens is 311 g/mol. The summed E-state index contributed by atoms with van der Waals surface area (Å²) in [5.41, 5.74) is -1.22. The van der Waals surface area contributed by atoms with Crippen LogP contribution < -0.4 is 5.43 Å². The van der Waals surface area contributed by atoms with Gasteiger partial charge in [-0.15, -0.1) is 0 Å². The highest BCUT2D eigenvalue weighted by molar-refractivity contribution is 5.85. The van der Waals surface area contributed by atoms with Crippen LogP contribution in [0.15, 0.2) is 16.9 Å². The molecule has 1 aromatic heterocycles. The fraction of sp³-hybridized carbons (Fsp3) is 0.375. The number of aromatic nitrogens is 1. The van der Waals surface area contributed by atoms with Gasteiger partial charge in [-0.3, -0.25) is 9.59 Å². The molecule has 0 aliphatic carbocycles. The summed E-state index contributed by atoms with van der Waals surface area (Å²) in [6.45, 7) is 4.94. The summed E-state index contributed by atoms with van der Waals surface area (Å²) in [7, 11) is 0. The molecule has 0 fully saturated rings. The molecule has 0 amide bonds. The molecule has 2 aromatic rings. The second kappa shape index (κ2) is 6.06. The molecular formula is C16H16F3NO3. The van der Waals surface area contributed by atoms with Gasteiger partial charge in [0, 0.05) is 10.9 Å². The third kappa shape index (κ3) is 3.38. The van der Waals surface area contributed by atoms with Gasteiger partial charge < -0.3 is 9.72 Å². The summed E-state index contributed by atoms with van der Waals surface area (Å²) in [5, 5.41) is 0.155. The fourth-order valence-electron chi connectivity index (χ4n) is 2.61. The Kier molecular flexibility index (Phi) is 4.49. The number of ether oxygens (including phenoxy) is 1. The number of hydrogen-bond donors (Lipinski definition) is 1. The van der Waals surface area contributed by atoms with Crippen molar-refractivity contribution in [1.82, 2.24) is 4.98 Å². The van der Waals surface area contributed by atoms with Gasteiger partial charge in [0.1, 0.15) is 5.69 Å². The van der Waals surface area contributed by atoms with Gasteiger partial charge in [-0.05, 0) is 38.0 Å². The Hall–Kier alpha value is -2.31. The van der Waals surface area contributed by atoms with Crippen LogP contribution in [0.3, 0.4) is 0 Å². The zero-order valence-corrected chi connectivity index (χ0v) is 12.9. The van der Waals surface area contributed by atoms with E-state index >= 15 is 0 Å². The lowest BCUT2D eigenvalue weighted by molar-refractivity contribution is -0.144. The van der Waals surface area contributed by atoms with Crippen molar-refractivity contribution in [3.05, 3.63) is 44.7 Å². The van der Waals surface area contributed by atoms with Crippen LogP contribution in [0.25, 0.3) is 10.9 Å². The maximum atomic E-state index is 13.3. The predicted molar refractivity (Wildman–Crippen MR) is 79.4 cm³/mol. The number of carbonyl (C=O) groups excluding carboxylic acids is 1. The molecule has 1 aromatic carbocycles. The number of aryl methyl sites for hydroxylation is 2. The molecule has 0 aliphatic rings. The lowest BCUT2D eigenvalue weighted by Crippen LogP contribution is -2.25. The summed E-state index contributed by atoms with van der Waals surface area (Å²) in [6.07, 6.45) is -5.49. The minimum Gasteiger partial charge on any atom is -0.466 e. The highest BCUT2D eigenvalue weighted by Crippen LogP contribution is 2.31. The molecule has 2 rings (SSSR count). The normalized spacial score (nSPS) is 11.7. The van der Waals surface area contributed by atoms with Gasteiger partial charge in [0.15, 0.2) is 5.43 Å². The third-order valence-electron chi connectivity index (χ3n) is 3.45. The van der Waals surface area contributed by atoms with E-state index in [9.17, 15) is 22.8 Å². The second-order valence-corrected chi connectivity index (χ2v) is 5.29. The number of aromatic amines is 1. The largest absolute Gasteiger partial charge is 0.466 e. The standard InChI is InChI=1S/C16H16F3NO3/c1-4-23-12(21)7-10-14(22)13-9(3)5-8(2)6-11(13)20-15(10)16(17,18)19/h5-6H,4,7H2,1-3H3,(H,20,22). The molecule has 0 bridgehead atoms. The van der Waals surface area contributed by atoms with E-state index in [0.29, 0.717) is 5.56 Å². The molecule has 0 saturated heterocycles. The number of benzene rings is 1. The molecule has 124 valence electrons. The van der Waals surface area contributed by atoms with E-state index in [2.05, 4.69) is 9.72 Å². The second-order valence-electron chi connectivity index (χ2n) is 5.29. The first-order valence-corrected chi connectivity index (χ1v) is 7.04. The van der Waals surface area contributed by atoms with Gasteiger partial charge in [0.05, 0.1) is 18.5 Å². The van der Waals surface area contributed by atoms with E-state index in [1.54, 1.807) is 26.8 Å². The van der Waals surface area contributed by atoms with Crippen LogP contribution in [-0.2, 0) is 22.1 Å². The van der Waals surface area contributed by atoms with E-state index < -0.39 is 35.3 Å². The zero-order valence-electron chi connectivity index (χ0n) is 12.9. The number of nitrogens with one attached hydrogen (secondary N) is 1. The van der Waals surface area contributed by atoms with Crippen LogP contribution in [0.1, 0.15) is 29.3 Å². The molecule has 0 saturated carbocycles. The number of fused-ring (bicyclic) bond motifs is 1. The molecule has 23 heavy (non-hydrogen) atoms. The first-order valence-electron chi connectivity index (χ1n) is 7.04. The highest BCUT2D eigenvalue weighted by Gasteiger charge is 2.37. The van der Waals surface area contributed by atoms with E-state index in [4.69, 9.17) is 0 Å². The van der Waals surface area contributed by atoms with Crippen LogP contribution in [-0.4, -0.2) is 17.6 Å². The van der Waals surface area contributed by atoms with Gasteiger partial charge in [-0.1, -0.05) is 6.07 Å². The van der Waals surface area contributed by atoms with Crippen LogP contribution in [0, 0.1) is 13.8 Å². The topological polar surface area (TPSA) is 59.2 Å². The van der Waals surface area contributed by atoms with Gasteiger partial charge >= 0.3 is 12.1 Å². The molecule has 0 aliphatic heterocycles. The molecule has 0 radical (unpaired) electrons. The Morgan fingerprint density at radius 3 is 2.48 bits per heavy atom. The lowest BCUT2D eigenvalue weighted by Gasteiger charge is -2.15. The maximum Gasteiger partial charge on any atom is 0.431 e. The summed E-state index contributed by atoms with van der Waals surface area (Å²) in [6, 6.07) is 3.19.